The first-order valence-corrected chi connectivity index (χ1v) is 12.3. The summed E-state index contributed by atoms with van der Waals surface area (Å²) in [4.78, 5) is 1.94. The summed E-state index contributed by atoms with van der Waals surface area (Å²) in [5, 5.41) is 8.43. The van der Waals surface area contributed by atoms with E-state index in [0.717, 1.165) is 24.0 Å². The minimum Gasteiger partial charge on any atom is -0.383 e. The van der Waals surface area contributed by atoms with Crippen LogP contribution in [0.15, 0.2) is 103 Å². The molecule has 3 nitrogen and oxygen atoms in total. The second-order valence-corrected chi connectivity index (χ2v) is 8.10. The molecule has 0 aromatic heterocycles. The first kappa shape index (κ1) is 27.6. The molecule has 0 saturated carbocycles. The Morgan fingerprint density at radius 2 is 1.43 bits per heavy atom. The van der Waals surface area contributed by atoms with Crippen LogP contribution >= 0.6 is 0 Å². The van der Waals surface area contributed by atoms with E-state index in [2.05, 4.69) is 84.6 Å². The zero-order valence-electron chi connectivity index (χ0n) is 21.8. The molecule has 0 spiro atoms. The predicted octanol–water partition coefficient (Wildman–Crippen LogP) is 7.80. The van der Waals surface area contributed by atoms with Crippen molar-refractivity contribution >= 4 is 11.3 Å². The van der Waals surface area contributed by atoms with E-state index in [1.807, 2.05) is 57.3 Å². The van der Waals surface area contributed by atoms with Gasteiger partial charge in [-0.15, -0.1) is 0 Å². The van der Waals surface area contributed by atoms with Crippen molar-refractivity contribution in [3.63, 3.8) is 0 Å². The first-order chi connectivity index (χ1) is 17.1. The van der Waals surface area contributed by atoms with Gasteiger partial charge in [0.05, 0.1) is 5.71 Å². The van der Waals surface area contributed by atoms with Gasteiger partial charge in [0, 0.05) is 25.9 Å². The van der Waals surface area contributed by atoms with E-state index in [9.17, 15) is 0 Å². The van der Waals surface area contributed by atoms with Gasteiger partial charge >= 0.3 is 0 Å². The Morgan fingerprint density at radius 3 is 2.06 bits per heavy atom. The van der Waals surface area contributed by atoms with Gasteiger partial charge in [0.2, 0.25) is 0 Å². The molecule has 0 amide bonds. The van der Waals surface area contributed by atoms with Gasteiger partial charge in [-0.05, 0) is 83.6 Å². The monoisotopic (exact) mass is 465 g/mol. The van der Waals surface area contributed by atoms with Gasteiger partial charge in [0.15, 0.2) is 0 Å². The minimum absolute atomic E-state index is 0.509. The largest absolute Gasteiger partial charge is 0.383 e. The van der Waals surface area contributed by atoms with E-state index in [0.29, 0.717) is 5.71 Å². The Morgan fingerprint density at radius 1 is 0.800 bits per heavy atom. The van der Waals surface area contributed by atoms with Crippen LogP contribution in [0.2, 0.25) is 0 Å². The lowest BCUT2D eigenvalue weighted by Gasteiger charge is -2.15. The normalized spacial score (nSPS) is 12.1. The Balaban J connectivity index is 0.00000103. The third kappa shape index (κ3) is 7.94. The van der Waals surface area contributed by atoms with Crippen LogP contribution in [0.5, 0.6) is 0 Å². The highest BCUT2D eigenvalue weighted by Gasteiger charge is 2.10. The zero-order chi connectivity index (χ0) is 25.6. The summed E-state index contributed by atoms with van der Waals surface area (Å²) in [5.41, 5.74) is 13.3. The van der Waals surface area contributed by atoms with Crippen LogP contribution in [0.1, 0.15) is 37.8 Å². The van der Waals surface area contributed by atoms with Crippen LogP contribution in [0.25, 0.3) is 27.8 Å². The fourth-order valence-electron chi connectivity index (χ4n) is 3.81. The van der Waals surface area contributed by atoms with Crippen molar-refractivity contribution in [1.29, 1.82) is 5.41 Å². The Hall–Kier alpha value is -3.69. The van der Waals surface area contributed by atoms with Gasteiger partial charge in [-0.2, -0.15) is 0 Å². The van der Waals surface area contributed by atoms with Crippen molar-refractivity contribution < 1.29 is 0 Å². The number of allylic oxidation sites excluding steroid dienone is 5. The number of nitrogens with zero attached hydrogens (tertiary/aromatic N) is 1. The first-order valence-electron chi connectivity index (χ1n) is 12.3. The summed E-state index contributed by atoms with van der Waals surface area (Å²) in [6, 6.07) is 25.7. The molecule has 0 atom stereocenters. The lowest BCUT2D eigenvalue weighted by Crippen LogP contribution is -2.03. The maximum Gasteiger partial charge on any atom is 0.0626 e. The molecule has 3 N–H and O–H groups in total. The molecular formula is C32H39N3. The van der Waals surface area contributed by atoms with Crippen LogP contribution in [0.3, 0.4) is 0 Å². The molecule has 0 fully saturated rings. The van der Waals surface area contributed by atoms with E-state index in [1.165, 1.54) is 34.9 Å². The summed E-state index contributed by atoms with van der Waals surface area (Å²) in [7, 11) is 5.43. The molecule has 0 bridgehead atoms. The highest BCUT2D eigenvalue weighted by molar-refractivity contribution is 6.07. The van der Waals surface area contributed by atoms with Crippen LogP contribution in [0, 0.1) is 5.41 Å². The molecule has 1 aliphatic carbocycles. The third-order valence-electron chi connectivity index (χ3n) is 5.47. The van der Waals surface area contributed by atoms with Crippen LogP contribution in [-0.2, 0) is 0 Å². The number of hydrogen-bond donors (Lipinski definition) is 2. The minimum atomic E-state index is 0.509. The van der Waals surface area contributed by atoms with Gasteiger partial charge in [0.25, 0.3) is 0 Å². The summed E-state index contributed by atoms with van der Waals surface area (Å²) in [6.07, 6.45) is 12.5. The number of hydrogen-bond acceptors (Lipinski definition) is 3. The van der Waals surface area contributed by atoms with E-state index >= 15 is 0 Å². The van der Waals surface area contributed by atoms with Crippen molar-refractivity contribution in [2.24, 2.45) is 5.73 Å². The fraction of sp³-hybridized carbons (Fsp3) is 0.219. The predicted molar refractivity (Wildman–Crippen MR) is 155 cm³/mol. The summed E-state index contributed by atoms with van der Waals surface area (Å²) in [6.45, 7) is 4.00. The standard InChI is InChI=1S/C29H28N2.C2H6.CH5N/c1-31(2)17-16-29(30)25-15-9-14-24(18-25)28-20-26(22-10-5-3-6-11-22)19-27(21-28)23-12-7-4-8-13-23;2*1-2/h3-7,9-12,14-21,30H,8,13H2,1-2H3;1-2H3;2H2,1H3/b17-16-,30-29?;;. The van der Waals surface area contributed by atoms with Crippen molar-refractivity contribution in [3.05, 3.63) is 114 Å². The second kappa shape index (κ2) is 14.5. The van der Waals surface area contributed by atoms with E-state index in [4.69, 9.17) is 5.41 Å². The highest BCUT2D eigenvalue weighted by atomic mass is 15.0. The van der Waals surface area contributed by atoms with Gasteiger partial charge < -0.3 is 16.0 Å². The molecule has 35 heavy (non-hydrogen) atoms. The number of nitrogens with two attached hydrogens (primary N) is 1. The van der Waals surface area contributed by atoms with Gasteiger partial charge in [0.1, 0.15) is 0 Å². The smallest absolute Gasteiger partial charge is 0.0626 e. The molecule has 4 rings (SSSR count). The van der Waals surface area contributed by atoms with E-state index in [-0.39, 0.29) is 0 Å². The Kier molecular flexibility index (Phi) is 11.5. The van der Waals surface area contributed by atoms with Gasteiger partial charge in [-0.25, -0.2) is 0 Å². The maximum atomic E-state index is 8.43. The van der Waals surface area contributed by atoms with Crippen molar-refractivity contribution in [1.82, 2.24) is 4.90 Å². The third-order valence-corrected chi connectivity index (χ3v) is 5.47. The molecule has 3 aromatic carbocycles. The summed E-state index contributed by atoms with van der Waals surface area (Å²) >= 11 is 0. The second-order valence-electron chi connectivity index (χ2n) is 8.10. The topological polar surface area (TPSA) is 53.1 Å². The quantitative estimate of drug-likeness (QED) is 0.365. The van der Waals surface area contributed by atoms with Gasteiger partial charge in [-0.1, -0.05) is 80.6 Å². The average molecular weight is 466 g/mol. The molecule has 3 aromatic rings. The van der Waals surface area contributed by atoms with Crippen molar-refractivity contribution in [3.8, 4) is 22.3 Å². The lowest BCUT2D eigenvalue weighted by molar-refractivity contribution is 0.564. The zero-order valence-corrected chi connectivity index (χ0v) is 21.8. The molecule has 182 valence electrons. The molecular weight excluding hydrogens is 426 g/mol. The van der Waals surface area contributed by atoms with Crippen molar-refractivity contribution in [2.75, 3.05) is 21.1 Å². The average Bonchev–Trinajstić information content (AvgIpc) is 2.94. The SMILES string of the molecule is CC.CN.CN(C)/C=C\C(=N)c1cccc(-c2cc(C3=CC=CCC3)cc(-c3ccccc3)c2)c1. The molecule has 1 aliphatic rings. The van der Waals surface area contributed by atoms with Crippen LogP contribution < -0.4 is 5.73 Å². The Labute approximate surface area is 211 Å². The molecule has 3 heteroatoms. The fourth-order valence-corrected chi connectivity index (χ4v) is 3.81. The molecule has 0 heterocycles. The van der Waals surface area contributed by atoms with E-state index in [1.54, 1.807) is 0 Å². The number of benzene rings is 3. The summed E-state index contributed by atoms with van der Waals surface area (Å²) < 4.78 is 0. The molecule has 0 radical (unpaired) electrons. The number of rotatable bonds is 6. The highest BCUT2D eigenvalue weighted by Crippen LogP contribution is 2.33. The van der Waals surface area contributed by atoms with Crippen molar-refractivity contribution in [2.45, 2.75) is 26.7 Å². The number of nitrogens with one attached hydrogen (secondary N) is 1. The Bertz CT molecular complexity index is 1170. The van der Waals surface area contributed by atoms with E-state index < -0.39 is 0 Å². The van der Waals surface area contributed by atoms with Crippen LogP contribution in [0.4, 0.5) is 0 Å². The molecule has 0 unspecified atom stereocenters. The molecule has 0 saturated heterocycles. The van der Waals surface area contributed by atoms with Crippen LogP contribution in [-0.4, -0.2) is 31.8 Å². The summed E-state index contributed by atoms with van der Waals surface area (Å²) in [5.74, 6) is 0. The molecule has 0 aliphatic heterocycles. The maximum absolute atomic E-state index is 8.43. The van der Waals surface area contributed by atoms with Gasteiger partial charge in [-0.3, -0.25) is 0 Å². The lowest BCUT2D eigenvalue weighted by atomic mass is 9.90.